The predicted molar refractivity (Wildman–Crippen MR) is 41.1 cm³/mol. The zero-order chi connectivity index (χ0) is 8.69. The molecule has 62 valence electrons. The fourth-order valence-corrected chi connectivity index (χ4v) is 0.599. The van der Waals surface area contributed by atoms with Crippen LogP contribution in [0.2, 0.25) is 0 Å². The highest BCUT2D eigenvalue weighted by molar-refractivity contribution is 6.01. The highest BCUT2D eigenvalue weighted by Gasteiger charge is 2.05. The maximum Gasteiger partial charge on any atom is 0.313 e. The van der Waals surface area contributed by atoms with E-state index in [1.807, 2.05) is 0 Å². The van der Waals surface area contributed by atoms with Gasteiger partial charge in [-0.1, -0.05) is 6.08 Å². The zero-order valence-electron chi connectivity index (χ0n) is 6.79. The summed E-state index contributed by atoms with van der Waals surface area (Å²) in [7, 11) is 0. The Kier molecular flexibility index (Phi) is 5.07. The molecule has 3 nitrogen and oxygen atoms in total. The molecule has 0 radical (unpaired) electrons. The molecule has 0 bridgehead atoms. The summed E-state index contributed by atoms with van der Waals surface area (Å²) < 4.78 is 4.57. The van der Waals surface area contributed by atoms with Crippen LogP contribution in [0.4, 0.5) is 0 Å². The highest BCUT2D eigenvalue weighted by atomic mass is 16.5. The maximum atomic E-state index is 10.7. The Morgan fingerprint density at radius 3 is 2.55 bits per heavy atom. The number of ether oxygens (including phenoxy) is 1. The first-order valence-corrected chi connectivity index (χ1v) is 3.51. The van der Waals surface area contributed by atoms with Crippen LogP contribution in [-0.4, -0.2) is 18.4 Å². The van der Waals surface area contributed by atoms with E-state index in [4.69, 9.17) is 0 Å². The Labute approximate surface area is 66.0 Å². The molecule has 0 saturated heterocycles. The van der Waals surface area contributed by atoms with E-state index in [1.54, 1.807) is 19.9 Å². The van der Waals surface area contributed by atoms with Gasteiger partial charge in [0.25, 0.3) is 0 Å². The van der Waals surface area contributed by atoms with Crippen molar-refractivity contribution in [3.05, 3.63) is 12.2 Å². The number of hydrogen-bond acceptors (Lipinski definition) is 3. The number of carbonyl (C=O) groups excluding carboxylic acids is 2. The van der Waals surface area contributed by atoms with Crippen LogP contribution in [-0.2, 0) is 14.3 Å². The summed E-state index contributed by atoms with van der Waals surface area (Å²) in [6.45, 7) is 3.75. The van der Waals surface area contributed by atoms with Crippen LogP contribution in [0.1, 0.15) is 20.3 Å². The third-order valence-corrected chi connectivity index (χ3v) is 0.976. The minimum absolute atomic E-state index is 0.155. The lowest BCUT2D eigenvalue weighted by atomic mass is 10.3. The number of allylic oxidation sites excluding steroid dienone is 2. The molecular formula is C8H12O3. The van der Waals surface area contributed by atoms with Gasteiger partial charge in [-0.2, -0.15) is 0 Å². The molecule has 0 unspecified atom stereocenters. The fraction of sp³-hybridized carbons (Fsp3) is 0.500. The topological polar surface area (TPSA) is 43.4 Å². The minimum Gasteiger partial charge on any atom is -0.466 e. The number of esters is 1. The normalized spacial score (nSPS) is 10.0. The summed E-state index contributed by atoms with van der Waals surface area (Å²) in [4.78, 5) is 21.4. The summed E-state index contributed by atoms with van der Waals surface area (Å²) in [5.41, 5.74) is 0. The Balaban J connectivity index is 3.66. The fourth-order valence-electron chi connectivity index (χ4n) is 0.599. The predicted octanol–water partition coefficient (Wildman–Crippen LogP) is 1.08. The van der Waals surface area contributed by atoms with E-state index < -0.39 is 5.97 Å². The summed E-state index contributed by atoms with van der Waals surface area (Å²) in [5.74, 6) is -0.679. The number of ketones is 1. The van der Waals surface area contributed by atoms with Crippen molar-refractivity contribution in [3.63, 3.8) is 0 Å². The number of hydrogen-bond donors (Lipinski definition) is 0. The van der Waals surface area contributed by atoms with Crippen molar-refractivity contribution in [2.75, 3.05) is 6.61 Å². The SMILES string of the molecule is CC=CC(=O)CC(=O)OCC. The van der Waals surface area contributed by atoms with E-state index in [2.05, 4.69) is 4.74 Å². The molecule has 0 rings (SSSR count). The second-order valence-electron chi connectivity index (χ2n) is 1.95. The van der Waals surface area contributed by atoms with Crippen LogP contribution in [0.5, 0.6) is 0 Å². The van der Waals surface area contributed by atoms with Gasteiger partial charge in [0.2, 0.25) is 0 Å². The van der Waals surface area contributed by atoms with E-state index in [9.17, 15) is 9.59 Å². The van der Waals surface area contributed by atoms with Crippen LogP contribution in [0.15, 0.2) is 12.2 Å². The Hall–Kier alpha value is -1.12. The van der Waals surface area contributed by atoms with Gasteiger partial charge in [-0.3, -0.25) is 9.59 Å². The summed E-state index contributed by atoms with van der Waals surface area (Å²) in [6.07, 6.45) is 2.80. The average Bonchev–Trinajstić information content (AvgIpc) is 1.87. The molecule has 0 N–H and O–H groups in total. The largest absolute Gasteiger partial charge is 0.466 e. The molecule has 0 aliphatic rings. The molecule has 11 heavy (non-hydrogen) atoms. The molecular weight excluding hydrogens is 144 g/mol. The van der Waals surface area contributed by atoms with E-state index in [-0.39, 0.29) is 12.2 Å². The third kappa shape index (κ3) is 5.33. The molecule has 0 amide bonds. The van der Waals surface area contributed by atoms with Crippen molar-refractivity contribution in [1.29, 1.82) is 0 Å². The van der Waals surface area contributed by atoms with E-state index in [1.165, 1.54) is 6.08 Å². The lowest BCUT2D eigenvalue weighted by Crippen LogP contribution is -2.08. The minimum atomic E-state index is -0.462. The number of rotatable bonds is 4. The van der Waals surface area contributed by atoms with Gasteiger partial charge >= 0.3 is 5.97 Å². The molecule has 0 aromatic rings. The summed E-state index contributed by atoms with van der Waals surface area (Å²) in [5, 5.41) is 0. The molecule has 0 saturated carbocycles. The van der Waals surface area contributed by atoms with Crippen LogP contribution < -0.4 is 0 Å². The monoisotopic (exact) mass is 156 g/mol. The average molecular weight is 156 g/mol. The summed E-state index contributed by atoms with van der Waals surface area (Å²) in [6, 6.07) is 0. The van der Waals surface area contributed by atoms with Gasteiger partial charge in [0.15, 0.2) is 5.78 Å². The molecule has 0 fully saturated rings. The van der Waals surface area contributed by atoms with E-state index >= 15 is 0 Å². The van der Waals surface area contributed by atoms with Crippen LogP contribution in [0.25, 0.3) is 0 Å². The lowest BCUT2D eigenvalue weighted by Gasteiger charge is -1.96. The molecule has 3 heteroatoms. The van der Waals surface area contributed by atoms with Crippen LogP contribution in [0.3, 0.4) is 0 Å². The first-order chi connectivity index (χ1) is 5.20. The van der Waals surface area contributed by atoms with Crippen molar-refractivity contribution >= 4 is 11.8 Å². The van der Waals surface area contributed by atoms with E-state index in [0.717, 1.165) is 0 Å². The van der Waals surface area contributed by atoms with Crippen molar-refractivity contribution in [1.82, 2.24) is 0 Å². The van der Waals surface area contributed by atoms with Crippen LogP contribution in [0, 0.1) is 0 Å². The first kappa shape index (κ1) is 9.88. The maximum absolute atomic E-state index is 10.7. The Morgan fingerprint density at radius 2 is 2.09 bits per heavy atom. The van der Waals surface area contributed by atoms with E-state index in [0.29, 0.717) is 6.61 Å². The van der Waals surface area contributed by atoms with Gasteiger partial charge in [-0.15, -0.1) is 0 Å². The van der Waals surface area contributed by atoms with Gasteiger partial charge in [-0.25, -0.2) is 0 Å². The Bertz CT molecular complexity index is 170. The first-order valence-electron chi connectivity index (χ1n) is 3.51. The van der Waals surface area contributed by atoms with Gasteiger partial charge in [0.05, 0.1) is 6.61 Å². The molecule has 0 aliphatic heterocycles. The highest BCUT2D eigenvalue weighted by Crippen LogP contribution is 1.89. The number of carbonyl (C=O) groups is 2. The second kappa shape index (κ2) is 5.65. The lowest BCUT2D eigenvalue weighted by molar-refractivity contribution is -0.144. The van der Waals surface area contributed by atoms with Gasteiger partial charge in [-0.05, 0) is 19.9 Å². The quantitative estimate of drug-likeness (QED) is 0.347. The zero-order valence-corrected chi connectivity index (χ0v) is 6.79. The van der Waals surface area contributed by atoms with Crippen molar-refractivity contribution in [2.24, 2.45) is 0 Å². The molecule has 0 atom stereocenters. The van der Waals surface area contributed by atoms with Gasteiger partial charge < -0.3 is 4.74 Å². The third-order valence-electron chi connectivity index (χ3n) is 0.976. The van der Waals surface area contributed by atoms with Gasteiger partial charge in [0.1, 0.15) is 6.42 Å². The molecule has 0 aromatic carbocycles. The smallest absolute Gasteiger partial charge is 0.313 e. The Morgan fingerprint density at radius 1 is 1.45 bits per heavy atom. The van der Waals surface area contributed by atoms with Crippen molar-refractivity contribution < 1.29 is 14.3 Å². The molecule has 0 aromatic heterocycles. The van der Waals surface area contributed by atoms with Crippen molar-refractivity contribution in [3.8, 4) is 0 Å². The van der Waals surface area contributed by atoms with Gasteiger partial charge in [0, 0.05) is 0 Å². The van der Waals surface area contributed by atoms with Crippen molar-refractivity contribution in [2.45, 2.75) is 20.3 Å². The molecule has 0 aliphatic carbocycles. The molecule has 0 spiro atoms. The van der Waals surface area contributed by atoms with Crippen LogP contribution >= 0.6 is 0 Å². The molecule has 0 heterocycles. The standard InChI is InChI=1S/C8H12O3/c1-3-5-7(9)6-8(10)11-4-2/h3,5H,4,6H2,1-2H3. The summed E-state index contributed by atoms with van der Waals surface area (Å²) >= 11 is 0. The second-order valence-corrected chi connectivity index (χ2v) is 1.95.